The lowest BCUT2D eigenvalue weighted by Gasteiger charge is -2.36. The van der Waals surface area contributed by atoms with E-state index in [0.717, 1.165) is 38.0 Å². The summed E-state index contributed by atoms with van der Waals surface area (Å²) in [5.74, 6) is 0.407. The number of hydrogen-bond acceptors (Lipinski definition) is 2. The lowest BCUT2D eigenvalue weighted by molar-refractivity contribution is 0.189. The molecule has 1 aliphatic rings. The summed E-state index contributed by atoms with van der Waals surface area (Å²) in [6.45, 7) is 1.82. The van der Waals surface area contributed by atoms with E-state index in [0.29, 0.717) is 12.0 Å². The highest BCUT2D eigenvalue weighted by Crippen LogP contribution is 2.36. The fourth-order valence-electron chi connectivity index (χ4n) is 2.34. The van der Waals surface area contributed by atoms with E-state index >= 15 is 0 Å². The summed E-state index contributed by atoms with van der Waals surface area (Å²) >= 11 is 0. The SMILES string of the molecule is COCCCNC1CC(c2cccc(F)c2)C1. The molecule has 1 aromatic rings. The van der Waals surface area contributed by atoms with Crippen molar-refractivity contribution in [1.29, 1.82) is 0 Å². The average molecular weight is 237 g/mol. The Balaban J connectivity index is 1.68. The topological polar surface area (TPSA) is 21.3 Å². The number of benzene rings is 1. The minimum Gasteiger partial charge on any atom is -0.385 e. The minimum absolute atomic E-state index is 0.126. The van der Waals surface area contributed by atoms with Crippen LogP contribution in [0.3, 0.4) is 0 Å². The third kappa shape index (κ3) is 3.51. The molecule has 2 rings (SSSR count). The Kier molecular flexibility index (Phi) is 4.51. The standard InChI is InChI=1S/C14H20FNO/c1-17-7-3-6-16-14-9-12(10-14)11-4-2-5-13(15)8-11/h2,4-5,8,12,14,16H,3,6-7,9-10H2,1H3. The molecule has 0 radical (unpaired) electrons. The molecule has 1 fully saturated rings. The predicted octanol–water partition coefficient (Wildman–Crippen LogP) is 2.70. The maximum atomic E-state index is 13.0. The molecule has 0 aliphatic heterocycles. The maximum absolute atomic E-state index is 13.0. The first-order valence-corrected chi connectivity index (χ1v) is 6.27. The summed E-state index contributed by atoms with van der Waals surface area (Å²) in [5, 5.41) is 3.49. The van der Waals surface area contributed by atoms with Crippen LogP contribution in [0.4, 0.5) is 4.39 Å². The highest BCUT2D eigenvalue weighted by Gasteiger charge is 2.29. The van der Waals surface area contributed by atoms with E-state index in [9.17, 15) is 4.39 Å². The Labute approximate surface area is 102 Å². The van der Waals surface area contributed by atoms with E-state index in [1.807, 2.05) is 6.07 Å². The van der Waals surface area contributed by atoms with E-state index < -0.39 is 0 Å². The van der Waals surface area contributed by atoms with Gasteiger partial charge in [0.15, 0.2) is 0 Å². The Morgan fingerprint density at radius 3 is 2.94 bits per heavy atom. The molecule has 0 amide bonds. The molecule has 0 bridgehead atoms. The quantitative estimate of drug-likeness (QED) is 0.768. The van der Waals surface area contributed by atoms with Gasteiger partial charge in [-0.1, -0.05) is 12.1 Å². The Hall–Kier alpha value is -0.930. The molecule has 0 heterocycles. The highest BCUT2D eigenvalue weighted by molar-refractivity contribution is 5.23. The molecule has 17 heavy (non-hydrogen) atoms. The van der Waals surface area contributed by atoms with Gasteiger partial charge in [0.05, 0.1) is 0 Å². The molecule has 0 unspecified atom stereocenters. The van der Waals surface area contributed by atoms with Gasteiger partial charge < -0.3 is 10.1 Å². The minimum atomic E-state index is -0.126. The summed E-state index contributed by atoms with van der Waals surface area (Å²) < 4.78 is 18.0. The fourth-order valence-corrected chi connectivity index (χ4v) is 2.34. The lowest BCUT2D eigenvalue weighted by atomic mass is 9.76. The summed E-state index contributed by atoms with van der Waals surface area (Å²) in [6.07, 6.45) is 3.30. The van der Waals surface area contributed by atoms with E-state index in [1.54, 1.807) is 19.2 Å². The zero-order valence-electron chi connectivity index (χ0n) is 10.3. The molecule has 1 aromatic carbocycles. The van der Waals surface area contributed by atoms with Crippen molar-refractivity contribution in [2.45, 2.75) is 31.2 Å². The largest absolute Gasteiger partial charge is 0.385 e. The summed E-state index contributed by atoms with van der Waals surface area (Å²) in [5.41, 5.74) is 1.14. The van der Waals surface area contributed by atoms with Crippen molar-refractivity contribution >= 4 is 0 Å². The van der Waals surface area contributed by atoms with E-state index in [2.05, 4.69) is 5.32 Å². The van der Waals surface area contributed by atoms with Crippen molar-refractivity contribution in [1.82, 2.24) is 5.32 Å². The van der Waals surface area contributed by atoms with Crippen LogP contribution < -0.4 is 5.32 Å². The van der Waals surface area contributed by atoms with Gasteiger partial charge in [0.25, 0.3) is 0 Å². The normalized spacial score (nSPS) is 23.4. The first-order chi connectivity index (χ1) is 8.29. The molecular formula is C14H20FNO. The first-order valence-electron chi connectivity index (χ1n) is 6.27. The summed E-state index contributed by atoms with van der Waals surface area (Å²) in [7, 11) is 1.73. The van der Waals surface area contributed by atoms with Crippen LogP contribution in [-0.4, -0.2) is 26.3 Å². The molecule has 3 heteroatoms. The van der Waals surface area contributed by atoms with Gasteiger partial charge in [-0.2, -0.15) is 0 Å². The van der Waals surface area contributed by atoms with Gasteiger partial charge in [-0.05, 0) is 49.4 Å². The van der Waals surface area contributed by atoms with Crippen LogP contribution in [0.1, 0.15) is 30.7 Å². The molecule has 0 atom stereocenters. The molecule has 1 N–H and O–H groups in total. The average Bonchev–Trinajstić information content (AvgIpc) is 2.26. The van der Waals surface area contributed by atoms with Gasteiger partial charge in [-0.25, -0.2) is 4.39 Å². The zero-order chi connectivity index (χ0) is 12.1. The van der Waals surface area contributed by atoms with Crippen molar-refractivity contribution in [3.05, 3.63) is 35.6 Å². The van der Waals surface area contributed by atoms with Crippen LogP contribution in [0.25, 0.3) is 0 Å². The molecule has 0 aromatic heterocycles. The van der Waals surface area contributed by atoms with Crippen molar-refractivity contribution in [3.8, 4) is 0 Å². The fraction of sp³-hybridized carbons (Fsp3) is 0.571. The lowest BCUT2D eigenvalue weighted by Crippen LogP contribution is -2.40. The Morgan fingerprint density at radius 1 is 1.41 bits per heavy atom. The van der Waals surface area contributed by atoms with Crippen molar-refractivity contribution in [3.63, 3.8) is 0 Å². The van der Waals surface area contributed by atoms with Crippen LogP contribution in [0.2, 0.25) is 0 Å². The Bertz CT molecular complexity index is 350. The maximum Gasteiger partial charge on any atom is 0.123 e. The first kappa shape index (κ1) is 12.5. The number of nitrogens with one attached hydrogen (secondary N) is 1. The summed E-state index contributed by atoms with van der Waals surface area (Å²) in [6, 6.07) is 7.58. The molecule has 94 valence electrons. The number of methoxy groups -OCH3 is 1. The number of ether oxygens (including phenoxy) is 1. The molecule has 0 spiro atoms. The molecular weight excluding hydrogens is 217 g/mol. The second-order valence-corrected chi connectivity index (χ2v) is 4.72. The molecule has 1 aliphatic carbocycles. The zero-order valence-corrected chi connectivity index (χ0v) is 10.3. The van der Waals surface area contributed by atoms with Gasteiger partial charge in [-0.15, -0.1) is 0 Å². The van der Waals surface area contributed by atoms with Gasteiger partial charge >= 0.3 is 0 Å². The molecule has 1 saturated carbocycles. The van der Waals surface area contributed by atoms with Crippen molar-refractivity contribution < 1.29 is 9.13 Å². The van der Waals surface area contributed by atoms with E-state index in [-0.39, 0.29) is 5.82 Å². The predicted molar refractivity (Wildman–Crippen MR) is 66.7 cm³/mol. The second kappa shape index (κ2) is 6.12. The molecule has 0 saturated heterocycles. The van der Waals surface area contributed by atoms with Gasteiger partial charge in [0.2, 0.25) is 0 Å². The van der Waals surface area contributed by atoms with Gasteiger partial charge in [-0.3, -0.25) is 0 Å². The summed E-state index contributed by atoms with van der Waals surface area (Å²) in [4.78, 5) is 0. The molecule has 2 nitrogen and oxygen atoms in total. The third-order valence-corrected chi connectivity index (χ3v) is 3.42. The number of hydrogen-bond donors (Lipinski definition) is 1. The Morgan fingerprint density at radius 2 is 2.24 bits per heavy atom. The second-order valence-electron chi connectivity index (χ2n) is 4.72. The monoisotopic (exact) mass is 237 g/mol. The van der Waals surface area contributed by atoms with Crippen LogP contribution in [0, 0.1) is 5.82 Å². The van der Waals surface area contributed by atoms with E-state index in [1.165, 1.54) is 6.07 Å². The number of rotatable bonds is 6. The third-order valence-electron chi connectivity index (χ3n) is 3.42. The van der Waals surface area contributed by atoms with Crippen LogP contribution in [-0.2, 0) is 4.74 Å². The van der Waals surface area contributed by atoms with Gasteiger partial charge in [0, 0.05) is 19.8 Å². The van der Waals surface area contributed by atoms with Gasteiger partial charge in [0.1, 0.15) is 5.82 Å². The number of halogens is 1. The smallest absolute Gasteiger partial charge is 0.123 e. The van der Waals surface area contributed by atoms with Crippen molar-refractivity contribution in [2.75, 3.05) is 20.3 Å². The van der Waals surface area contributed by atoms with Crippen LogP contribution in [0.5, 0.6) is 0 Å². The highest BCUT2D eigenvalue weighted by atomic mass is 19.1. The van der Waals surface area contributed by atoms with E-state index in [4.69, 9.17) is 4.74 Å². The van der Waals surface area contributed by atoms with Crippen molar-refractivity contribution in [2.24, 2.45) is 0 Å². The van der Waals surface area contributed by atoms with Crippen LogP contribution >= 0.6 is 0 Å². The van der Waals surface area contributed by atoms with Crippen LogP contribution in [0.15, 0.2) is 24.3 Å².